The summed E-state index contributed by atoms with van der Waals surface area (Å²) >= 11 is 0. The lowest BCUT2D eigenvalue weighted by molar-refractivity contribution is -0.147. The van der Waals surface area contributed by atoms with Crippen molar-refractivity contribution >= 4 is 23.5 Å². The number of anilines is 1. The van der Waals surface area contributed by atoms with Crippen molar-refractivity contribution in [3.63, 3.8) is 0 Å². The molecule has 2 atom stereocenters. The summed E-state index contributed by atoms with van der Waals surface area (Å²) in [6.07, 6.45) is 4.88. The average Bonchev–Trinajstić information content (AvgIpc) is 2.68. The summed E-state index contributed by atoms with van der Waals surface area (Å²) < 4.78 is 0. The first kappa shape index (κ1) is 19.4. The number of amides is 2. The van der Waals surface area contributed by atoms with Crippen molar-refractivity contribution in [3.8, 4) is 0 Å². The number of aliphatic carboxylic acids is 1. The molecule has 1 aromatic rings. The molecule has 1 aromatic carbocycles. The quantitative estimate of drug-likeness (QED) is 0.848. The lowest BCUT2D eigenvalue weighted by atomic mass is 9.78. The molecule has 1 heterocycles. The fraction of sp³-hybridized carbons (Fsp3) is 0.571. The Morgan fingerprint density at radius 2 is 1.70 bits per heavy atom. The molecular formula is C21H28N2O4. The number of rotatable bonds is 4. The Kier molecular flexibility index (Phi) is 6.14. The molecule has 6 nitrogen and oxygen atoms in total. The maximum atomic E-state index is 12.7. The zero-order valence-electron chi connectivity index (χ0n) is 15.8. The molecule has 2 aliphatic rings. The molecular weight excluding hydrogens is 344 g/mol. The van der Waals surface area contributed by atoms with Crippen LogP contribution >= 0.6 is 0 Å². The second kappa shape index (κ2) is 8.55. The molecule has 2 N–H and O–H groups in total. The molecule has 1 saturated carbocycles. The molecule has 0 aromatic heterocycles. The SMILES string of the molecule is CC1CCN(C(=O)c2cccc(NC(=O)[C@H]3CCCC[C@H]3C(=O)O)c2)CC1. The highest BCUT2D eigenvalue weighted by atomic mass is 16.4. The molecule has 2 amide bonds. The number of carbonyl (C=O) groups excluding carboxylic acids is 2. The fourth-order valence-electron chi connectivity index (χ4n) is 4.10. The maximum absolute atomic E-state index is 12.7. The van der Waals surface area contributed by atoms with E-state index in [2.05, 4.69) is 12.2 Å². The van der Waals surface area contributed by atoms with Gasteiger partial charge in [0.15, 0.2) is 0 Å². The molecule has 1 saturated heterocycles. The van der Waals surface area contributed by atoms with Gasteiger partial charge in [-0.1, -0.05) is 25.8 Å². The van der Waals surface area contributed by atoms with Crippen LogP contribution < -0.4 is 5.32 Å². The van der Waals surface area contributed by atoms with Gasteiger partial charge in [-0.15, -0.1) is 0 Å². The number of carbonyl (C=O) groups is 3. The van der Waals surface area contributed by atoms with Crippen LogP contribution in [0.1, 0.15) is 55.8 Å². The van der Waals surface area contributed by atoms with E-state index in [0.717, 1.165) is 38.8 Å². The molecule has 0 unspecified atom stereocenters. The number of hydrogen-bond acceptors (Lipinski definition) is 3. The molecule has 0 radical (unpaired) electrons. The first-order chi connectivity index (χ1) is 13.0. The van der Waals surface area contributed by atoms with E-state index < -0.39 is 17.8 Å². The van der Waals surface area contributed by atoms with E-state index >= 15 is 0 Å². The Bertz CT molecular complexity index is 710. The van der Waals surface area contributed by atoms with Crippen molar-refractivity contribution in [2.75, 3.05) is 18.4 Å². The number of carboxylic acids is 1. The van der Waals surface area contributed by atoms with Crippen molar-refractivity contribution < 1.29 is 19.5 Å². The van der Waals surface area contributed by atoms with Crippen molar-refractivity contribution in [2.24, 2.45) is 17.8 Å². The van der Waals surface area contributed by atoms with Crippen LogP contribution in [0.25, 0.3) is 0 Å². The molecule has 146 valence electrons. The van der Waals surface area contributed by atoms with Crippen molar-refractivity contribution in [1.29, 1.82) is 0 Å². The number of hydrogen-bond donors (Lipinski definition) is 2. The number of likely N-dealkylation sites (tertiary alicyclic amines) is 1. The molecule has 3 rings (SSSR count). The second-order valence-corrected chi connectivity index (χ2v) is 7.88. The predicted molar refractivity (Wildman–Crippen MR) is 102 cm³/mol. The first-order valence-corrected chi connectivity index (χ1v) is 9.88. The van der Waals surface area contributed by atoms with Gasteiger partial charge >= 0.3 is 5.97 Å². The van der Waals surface area contributed by atoms with E-state index in [0.29, 0.717) is 30.0 Å². The van der Waals surface area contributed by atoms with E-state index in [1.165, 1.54) is 0 Å². The Hall–Kier alpha value is -2.37. The lowest BCUT2D eigenvalue weighted by Gasteiger charge is -2.30. The van der Waals surface area contributed by atoms with Gasteiger partial charge in [-0.3, -0.25) is 14.4 Å². The Morgan fingerprint density at radius 1 is 1.04 bits per heavy atom. The Labute approximate surface area is 159 Å². The third-order valence-corrected chi connectivity index (χ3v) is 5.87. The molecule has 0 bridgehead atoms. The van der Waals surface area contributed by atoms with Crippen LogP contribution in [0.3, 0.4) is 0 Å². The number of benzene rings is 1. The normalized spacial score (nSPS) is 23.7. The zero-order chi connectivity index (χ0) is 19.4. The molecule has 27 heavy (non-hydrogen) atoms. The number of nitrogens with one attached hydrogen (secondary N) is 1. The van der Waals surface area contributed by atoms with Gasteiger partial charge in [0, 0.05) is 24.3 Å². The van der Waals surface area contributed by atoms with E-state index in [1.54, 1.807) is 24.3 Å². The molecule has 2 fully saturated rings. The van der Waals surface area contributed by atoms with Gasteiger partial charge in [0.05, 0.1) is 11.8 Å². The number of carboxylic acid groups (broad SMARTS) is 1. The zero-order valence-corrected chi connectivity index (χ0v) is 15.8. The Balaban J connectivity index is 1.67. The minimum Gasteiger partial charge on any atom is -0.481 e. The van der Waals surface area contributed by atoms with Crippen LogP contribution in [0, 0.1) is 17.8 Å². The van der Waals surface area contributed by atoms with Crippen LogP contribution in [-0.2, 0) is 9.59 Å². The van der Waals surface area contributed by atoms with E-state index in [-0.39, 0.29) is 11.8 Å². The van der Waals surface area contributed by atoms with Crippen molar-refractivity contribution in [2.45, 2.75) is 45.4 Å². The highest BCUT2D eigenvalue weighted by Gasteiger charge is 2.35. The van der Waals surface area contributed by atoms with Crippen LogP contribution in [0.2, 0.25) is 0 Å². The summed E-state index contributed by atoms with van der Waals surface area (Å²) in [7, 11) is 0. The van der Waals surface area contributed by atoms with E-state index in [9.17, 15) is 19.5 Å². The summed E-state index contributed by atoms with van der Waals surface area (Å²) in [6.45, 7) is 3.73. The van der Waals surface area contributed by atoms with Gasteiger partial charge in [-0.05, 0) is 49.8 Å². The minimum absolute atomic E-state index is 0.0147. The van der Waals surface area contributed by atoms with Gasteiger partial charge in [-0.25, -0.2) is 0 Å². The first-order valence-electron chi connectivity index (χ1n) is 9.88. The fourth-order valence-corrected chi connectivity index (χ4v) is 4.10. The molecule has 1 aliphatic heterocycles. The van der Waals surface area contributed by atoms with Gasteiger partial charge in [0.1, 0.15) is 0 Å². The largest absolute Gasteiger partial charge is 0.481 e. The summed E-state index contributed by atoms with van der Waals surface area (Å²) in [5.41, 5.74) is 1.10. The van der Waals surface area contributed by atoms with Crippen molar-refractivity contribution in [1.82, 2.24) is 4.90 Å². The number of piperidine rings is 1. The molecule has 1 aliphatic carbocycles. The molecule has 6 heteroatoms. The summed E-state index contributed by atoms with van der Waals surface area (Å²) in [5, 5.41) is 12.2. The van der Waals surface area contributed by atoms with Crippen LogP contribution in [0.4, 0.5) is 5.69 Å². The van der Waals surface area contributed by atoms with E-state index in [1.807, 2.05) is 4.90 Å². The van der Waals surface area contributed by atoms with Crippen molar-refractivity contribution in [3.05, 3.63) is 29.8 Å². The third kappa shape index (κ3) is 4.67. The van der Waals surface area contributed by atoms with Crippen LogP contribution in [0.5, 0.6) is 0 Å². The Morgan fingerprint density at radius 3 is 2.37 bits per heavy atom. The highest BCUT2D eigenvalue weighted by molar-refractivity contribution is 5.98. The monoisotopic (exact) mass is 372 g/mol. The van der Waals surface area contributed by atoms with Gasteiger partial charge in [0.2, 0.25) is 5.91 Å². The average molecular weight is 372 g/mol. The van der Waals surface area contributed by atoms with Crippen LogP contribution in [-0.4, -0.2) is 40.9 Å². The smallest absolute Gasteiger partial charge is 0.307 e. The maximum Gasteiger partial charge on any atom is 0.307 e. The minimum atomic E-state index is -0.905. The standard InChI is InChI=1S/C21H28N2O4/c1-14-9-11-23(12-10-14)20(25)15-5-4-6-16(13-15)22-19(24)17-7-2-3-8-18(17)21(26)27/h4-6,13-14,17-18H,2-3,7-12H2,1H3,(H,22,24)(H,26,27)/t17-,18+/m0/s1. The van der Waals surface area contributed by atoms with Crippen LogP contribution in [0.15, 0.2) is 24.3 Å². The topological polar surface area (TPSA) is 86.7 Å². The second-order valence-electron chi connectivity index (χ2n) is 7.88. The number of nitrogens with zero attached hydrogens (tertiary/aromatic N) is 1. The van der Waals surface area contributed by atoms with E-state index in [4.69, 9.17) is 0 Å². The highest BCUT2D eigenvalue weighted by Crippen LogP contribution is 2.31. The van der Waals surface area contributed by atoms with Gasteiger partial charge in [-0.2, -0.15) is 0 Å². The third-order valence-electron chi connectivity index (χ3n) is 5.87. The summed E-state index contributed by atoms with van der Waals surface area (Å²) in [6, 6.07) is 6.95. The predicted octanol–water partition coefficient (Wildman–Crippen LogP) is 3.39. The summed E-state index contributed by atoms with van der Waals surface area (Å²) in [5.74, 6) is -1.67. The van der Waals surface area contributed by atoms with Gasteiger partial charge in [0.25, 0.3) is 5.91 Å². The molecule has 0 spiro atoms. The lowest BCUT2D eigenvalue weighted by Crippen LogP contribution is -2.38. The van der Waals surface area contributed by atoms with Gasteiger partial charge < -0.3 is 15.3 Å². The summed E-state index contributed by atoms with van der Waals surface area (Å²) in [4.78, 5) is 38.7.